The molecule has 0 heterocycles. The van der Waals surface area contributed by atoms with Crippen LogP contribution in [0.1, 0.15) is 42.2 Å². The summed E-state index contributed by atoms with van der Waals surface area (Å²) < 4.78 is 45.7. The van der Waals surface area contributed by atoms with Gasteiger partial charge in [-0.1, -0.05) is 30.3 Å². The fraction of sp³-hybridized carbons (Fsp3) is 0.300. The van der Waals surface area contributed by atoms with Gasteiger partial charge < -0.3 is 9.64 Å². The number of amides is 1. The molecule has 2 rings (SSSR count). The highest BCUT2D eigenvalue weighted by Crippen LogP contribution is 2.25. The highest BCUT2D eigenvalue weighted by molar-refractivity contribution is 5.95. The molecule has 2 aromatic rings. The summed E-state index contributed by atoms with van der Waals surface area (Å²) >= 11 is 0. The van der Waals surface area contributed by atoms with Crippen LogP contribution >= 0.6 is 0 Å². The first-order chi connectivity index (χ1) is 12.9. The van der Waals surface area contributed by atoms with Crippen LogP contribution in [0.25, 0.3) is 0 Å². The van der Waals surface area contributed by atoms with Crippen LogP contribution in [0.4, 0.5) is 13.2 Å². The van der Waals surface area contributed by atoms with Crippen LogP contribution in [-0.2, 0) is 9.53 Å². The van der Waals surface area contributed by atoms with Gasteiger partial charge in [0.15, 0.2) is 17.5 Å². The van der Waals surface area contributed by atoms with Crippen molar-refractivity contribution in [1.82, 2.24) is 4.90 Å². The SMILES string of the molecule is CCOC(=O)CCN(C(=O)c1ccc(F)c(F)c1F)C(C)c1ccccc1. The van der Waals surface area contributed by atoms with Crippen LogP contribution < -0.4 is 0 Å². The first-order valence-electron chi connectivity index (χ1n) is 8.51. The van der Waals surface area contributed by atoms with E-state index in [1.54, 1.807) is 44.2 Å². The maximum Gasteiger partial charge on any atom is 0.307 e. The Balaban J connectivity index is 2.34. The average molecular weight is 379 g/mol. The van der Waals surface area contributed by atoms with E-state index < -0.39 is 40.9 Å². The summed E-state index contributed by atoms with van der Waals surface area (Å²) in [7, 11) is 0. The molecule has 144 valence electrons. The highest BCUT2D eigenvalue weighted by Gasteiger charge is 2.27. The van der Waals surface area contributed by atoms with Gasteiger partial charge in [-0.3, -0.25) is 9.59 Å². The zero-order chi connectivity index (χ0) is 20.0. The lowest BCUT2D eigenvalue weighted by molar-refractivity contribution is -0.143. The largest absolute Gasteiger partial charge is 0.466 e. The van der Waals surface area contributed by atoms with E-state index in [-0.39, 0.29) is 19.6 Å². The molecule has 0 bridgehead atoms. The molecule has 1 atom stereocenters. The van der Waals surface area contributed by atoms with E-state index in [4.69, 9.17) is 4.74 Å². The minimum atomic E-state index is -1.71. The van der Waals surface area contributed by atoms with Crippen LogP contribution in [0.2, 0.25) is 0 Å². The van der Waals surface area contributed by atoms with Crippen molar-refractivity contribution in [2.24, 2.45) is 0 Å². The monoisotopic (exact) mass is 379 g/mol. The Bertz CT molecular complexity index is 812. The van der Waals surface area contributed by atoms with Crippen LogP contribution in [-0.4, -0.2) is 29.9 Å². The van der Waals surface area contributed by atoms with E-state index in [1.165, 1.54) is 4.90 Å². The van der Waals surface area contributed by atoms with Gasteiger partial charge in [0.1, 0.15) is 0 Å². The maximum absolute atomic E-state index is 14.1. The minimum Gasteiger partial charge on any atom is -0.466 e. The molecule has 0 radical (unpaired) electrons. The van der Waals surface area contributed by atoms with Crippen molar-refractivity contribution in [1.29, 1.82) is 0 Å². The number of rotatable bonds is 7. The van der Waals surface area contributed by atoms with E-state index in [2.05, 4.69) is 0 Å². The standard InChI is InChI=1S/C20H20F3NO3/c1-3-27-17(25)11-12-24(13(2)14-7-5-4-6-8-14)20(26)15-9-10-16(21)19(23)18(15)22/h4-10,13H,3,11-12H2,1-2H3. The number of carbonyl (C=O) groups excluding carboxylic acids is 2. The summed E-state index contributed by atoms with van der Waals surface area (Å²) in [6.07, 6.45) is -0.109. The number of halogens is 3. The van der Waals surface area contributed by atoms with Gasteiger partial charge in [-0.15, -0.1) is 0 Å². The molecule has 1 unspecified atom stereocenters. The zero-order valence-electron chi connectivity index (χ0n) is 15.0. The molecule has 0 aromatic heterocycles. The second kappa shape index (κ2) is 9.21. The Hall–Kier alpha value is -2.83. The Morgan fingerprint density at radius 3 is 2.33 bits per heavy atom. The smallest absolute Gasteiger partial charge is 0.307 e. The minimum absolute atomic E-state index is 0.0633. The number of benzene rings is 2. The van der Waals surface area contributed by atoms with Gasteiger partial charge in [0.2, 0.25) is 0 Å². The molecule has 0 saturated carbocycles. The Kier molecular flexibility index (Phi) is 6.98. The van der Waals surface area contributed by atoms with Crippen molar-refractivity contribution in [3.63, 3.8) is 0 Å². The molecule has 0 aliphatic heterocycles. The molecule has 0 aliphatic carbocycles. The summed E-state index contributed by atoms with van der Waals surface area (Å²) in [5, 5.41) is 0. The van der Waals surface area contributed by atoms with Crippen molar-refractivity contribution in [3.05, 3.63) is 71.0 Å². The van der Waals surface area contributed by atoms with Crippen LogP contribution in [0.3, 0.4) is 0 Å². The molecule has 1 amide bonds. The van der Waals surface area contributed by atoms with Crippen molar-refractivity contribution >= 4 is 11.9 Å². The topological polar surface area (TPSA) is 46.6 Å². The van der Waals surface area contributed by atoms with E-state index in [1.807, 2.05) is 0 Å². The van der Waals surface area contributed by atoms with Crippen LogP contribution in [0, 0.1) is 17.5 Å². The number of ether oxygens (including phenoxy) is 1. The predicted molar refractivity (Wildman–Crippen MR) is 93.5 cm³/mol. The van der Waals surface area contributed by atoms with E-state index >= 15 is 0 Å². The van der Waals surface area contributed by atoms with E-state index in [0.29, 0.717) is 6.07 Å². The lowest BCUT2D eigenvalue weighted by Gasteiger charge is -2.29. The van der Waals surface area contributed by atoms with Gasteiger partial charge in [0.05, 0.1) is 24.6 Å². The first kappa shape index (κ1) is 20.5. The third kappa shape index (κ3) is 4.87. The number of esters is 1. The number of hydrogen-bond acceptors (Lipinski definition) is 3. The van der Waals surface area contributed by atoms with E-state index in [9.17, 15) is 22.8 Å². The van der Waals surface area contributed by atoms with Crippen molar-refractivity contribution < 1.29 is 27.5 Å². The van der Waals surface area contributed by atoms with Crippen molar-refractivity contribution in [2.75, 3.05) is 13.2 Å². The molecule has 0 N–H and O–H groups in total. The molecule has 2 aromatic carbocycles. The normalized spacial score (nSPS) is 11.7. The second-order valence-electron chi connectivity index (χ2n) is 5.86. The maximum atomic E-state index is 14.1. The van der Waals surface area contributed by atoms with Crippen molar-refractivity contribution in [2.45, 2.75) is 26.3 Å². The average Bonchev–Trinajstić information content (AvgIpc) is 2.67. The fourth-order valence-corrected chi connectivity index (χ4v) is 2.67. The van der Waals surface area contributed by atoms with Crippen LogP contribution in [0.15, 0.2) is 42.5 Å². The molecule has 0 saturated heterocycles. The molecular weight excluding hydrogens is 359 g/mol. The summed E-state index contributed by atoms with van der Waals surface area (Å²) in [6, 6.07) is 9.97. The first-order valence-corrected chi connectivity index (χ1v) is 8.51. The molecule has 0 spiro atoms. The second-order valence-corrected chi connectivity index (χ2v) is 5.86. The Labute approximate surface area is 155 Å². The van der Waals surface area contributed by atoms with Gasteiger partial charge in [0.25, 0.3) is 5.91 Å². The van der Waals surface area contributed by atoms with Gasteiger partial charge >= 0.3 is 5.97 Å². The number of nitrogens with zero attached hydrogens (tertiary/aromatic N) is 1. The lowest BCUT2D eigenvalue weighted by atomic mass is 10.0. The molecule has 7 heteroatoms. The molecule has 27 heavy (non-hydrogen) atoms. The molecular formula is C20H20F3NO3. The lowest BCUT2D eigenvalue weighted by Crippen LogP contribution is -2.36. The predicted octanol–water partition coefficient (Wildman–Crippen LogP) is 4.26. The Morgan fingerprint density at radius 2 is 1.70 bits per heavy atom. The summed E-state index contributed by atoms with van der Waals surface area (Å²) in [4.78, 5) is 25.8. The third-order valence-corrected chi connectivity index (χ3v) is 4.14. The third-order valence-electron chi connectivity index (χ3n) is 4.14. The summed E-state index contributed by atoms with van der Waals surface area (Å²) in [6.45, 7) is 3.49. The molecule has 0 fully saturated rings. The zero-order valence-corrected chi connectivity index (χ0v) is 15.0. The number of hydrogen-bond donors (Lipinski definition) is 0. The molecule has 4 nitrogen and oxygen atoms in total. The van der Waals surface area contributed by atoms with Gasteiger partial charge in [-0.2, -0.15) is 0 Å². The summed E-state index contributed by atoms with van der Waals surface area (Å²) in [5.41, 5.74) is 0.151. The summed E-state index contributed by atoms with van der Waals surface area (Å²) in [5.74, 6) is -5.99. The van der Waals surface area contributed by atoms with Gasteiger partial charge in [-0.05, 0) is 31.5 Å². The quantitative estimate of drug-likeness (QED) is 0.533. The van der Waals surface area contributed by atoms with E-state index in [0.717, 1.165) is 11.6 Å². The van der Waals surface area contributed by atoms with Gasteiger partial charge in [0, 0.05) is 6.54 Å². The van der Waals surface area contributed by atoms with Gasteiger partial charge in [-0.25, -0.2) is 13.2 Å². The molecule has 0 aliphatic rings. The number of carbonyl (C=O) groups is 2. The Morgan fingerprint density at radius 1 is 1.04 bits per heavy atom. The van der Waals surface area contributed by atoms with Crippen LogP contribution in [0.5, 0.6) is 0 Å². The van der Waals surface area contributed by atoms with Crippen molar-refractivity contribution in [3.8, 4) is 0 Å². The fourth-order valence-electron chi connectivity index (χ4n) is 2.67. The highest BCUT2D eigenvalue weighted by atomic mass is 19.2.